The van der Waals surface area contributed by atoms with Crippen LogP contribution in [-0.4, -0.2) is 35.2 Å². The van der Waals surface area contributed by atoms with E-state index >= 15 is 0 Å². The highest BCUT2D eigenvalue weighted by atomic mass is 19.3. The average molecular weight is 265 g/mol. The molecule has 0 aromatic heterocycles. The van der Waals surface area contributed by atoms with Gasteiger partial charge in [-0.15, -0.1) is 0 Å². The van der Waals surface area contributed by atoms with Crippen molar-refractivity contribution < 1.29 is 28.3 Å². The molecule has 0 rings (SSSR count). The summed E-state index contributed by atoms with van der Waals surface area (Å²) in [7, 11) is 0. The van der Waals surface area contributed by atoms with E-state index in [1.807, 2.05) is 0 Å². The fraction of sp³-hybridized carbons (Fsp3) is 0.727. The molecule has 0 bridgehead atoms. The van der Waals surface area contributed by atoms with Gasteiger partial charge in [0.05, 0.1) is 12.5 Å². The lowest BCUT2D eigenvalue weighted by atomic mass is 10.00. The van der Waals surface area contributed by atoms with Crippen molar-refractivity contribution in [3.05, 3.63) is 0 Å². The van der Waals surface area contributed by atoms with Crippen molar-refractivity contribution in [2.75, 3.05) is 0 Å². The van der Waals surface area contributed by atoms with E-state index in [-0.39, 0.29) is 12.7 Å². The van der Waals surface area contributed by atoms with Gasteiger partial charge in [0, 0.05) is 18.8 Å². The van der Waals surface area contributed by atoms with Crippen molar-refractivity contribution >= 4 is 18.2 Å². The molecule has 0 heterocycles. The molecule has 0 saturated heterocycles. The van der Waals surface area contributed by atoms with Gasteiger partial charge in [0.1, 0.15) is 6.29 Å². The summed E-state index contributed by atoms with van der Waals surface area (Å²) in [6, 6.07) is -1.19. The first-order valence-electron chi connectivity index (χ1n) is 5.57. The average Bonchev–Trinajstić information content (AvgIpc) is 2.26. The van der Waals surface area contributed by atoms with E-state index in [0.717, 1.165) is 0 Å². The first-order chi connectivity index (χ1) is 8.21. The summed E-state index contributed by atoms with van der Waals surface area (Å²) in [6.07, 6.45) is -1.30. The quantitative estimate of drug-likeness (QED) is 0.646. The Morgan fingerprint density at radius 1 is 1.44 bits per heavy atom. The van der Waals surface area contributed by atoms with Crippen molar-refractivity contribution in [1.82, 2.24) is 5.32 Å². The minimum atomic E-state index is -2.94. The maximum Gasteiger partial charge on any atom is 0.305 e. The molecule has 0 aliphatic rings. The van der Waals surface area contributed by atoms with Crippen LogP contribution in [0, 0.1) is 5.92 Å². The minimum Gasteiger partial charge on any atom is -0.481 e. The normalized spacial score (nSPS) is 14.7. The largest absolute Gasteiger partial charge is 0.481 e. The number of halogens is 2. The van der Waals surface area contributed by atoms with Gasteiger partial charge in [-0.25, -0.2) is 8.78 Å². The number of aldehydes is 1. The molecule has 7 heteroatoms. The summed E-state index contributed by atoms with van der Waals surface area (Å²) in [5, 5.41) is 10.6. The number of nitrogens with one attached hydrogen (secondary N) is 1. The molecule has 0 aliphatic heterocycles. The van der Waals surface area contributed by atoms with E-state index in [2.05, 4.69) is 5.32 Å². The number of carbonyl (C=O) groups is 3. The second kappa shape index (κ2) is 7.03. The predicted octanol–water partition coefficient (Wildman–Crippen LogP) is 1.22. The first-order valence-corrected chi connectivity index (χ1v) is 5.57. The Balaban J connectivity index is 4.38. The Morgan fingerprint density at radius 3 is 2.39 bits per heavy atom. The molecule has 0 fully saturated rings. The van der Waals surface area contributed by atoms with Gasteiger partial charge in [-0.05, 0) is 0 Å². The molecule has 18 heavy (non-hydrogen) atoms. The Bertz CT molecular complexity index is 320. The van der Waals surface area contributed by atoms with E-state index in [9.17, 15) is 23.2 Å². The number of aliphatic carboxylic acids is 1. The minimum absolute atomic E-state index is 0.275. The maximum atomic E-state index is 13.0. The highest BCUT2D eigenvalue weighted by molar-refractivity contribution is 5.83. The third kappa shape index (κ3) is 6.27. The van der Waals surface area contributed by atoms with Crippen LogP contribution < -0.4 is 5.32 Å². The zero-order valence-corrected chi connectivity index (χ0v) is 10.3. The number of rotatable bonds is 8. The summed E-state index contributed by atoms with van der Waals surface area (Å²) in [5.74, 6) is -5.93. The Kier molecular flexibility index (Phi) is 6.43. The lowest BCUT2D eigenvalue weighted by molar-refractivity contribution is -0.139. The molecular weight excluding hydrogens is 248 g/mol. The molecule has 0 spiro atoms. The van der Waals surface area contributed by atoms with Gasteiger partial charge in [-0.1, -0.05) is 13.8 Å². The monoisotopic (exact) mass is 265 g/mol. The summed E-state index contributed by atoms with van der Waals surface area (Å²) in [5.41, 5.74) is 0. The molecule has 1 unspecified atom stereocenters. The molecule has 0 radical (unpaired) electrons. The molecular formula is C11H17F2NO4. The Hall–Kier alpha value is -1.53. The number of hydrogen-bond acceptors (Lipinski definition) is 3. The van der Waals surface area contributed by atoms with Crippen LogP contribution in [0.2, 0.25) is 0 Å². The molecule has 0 aromatic rings. The fourth-order valence-electron chi connectivity index (χ4n) is 1.33. The summed E-state index contributed by atoms with van der Waals surface area (Å²) < 4.78 is 26.1. The van der Waals surface area contributed by atoms with Crippen LogP contribution in [0.25, 0.3) is 0 Å². The molecule has 104 valence electrons. The standard InChI is InChI=1S/C11H17F2NO4/c1-3-11(12,13)5-7(2)10(18)14-8(6-15)4-9(16)17/h6-8H,3-5H2,1-2H3,(H,14,18)(H,16,17)/t7-,8?/m0/s1. The molecule has 0 saturated carbocycles. The zero-order chi connectivity index (χ0) is 14.3. The van der Waals surface area contributed by atoms with Crippen molar-refractivity contribution in [3.8, 4) is 0 Å². The van der Waals surface area contributed by atoms with Crippen molar-refractivity contribution in [1.29, 1.82) is 0 Å². The topological polar surface area (TPSA) is 83.5 Å². The number of carbonyl (C=O) groups excluding carboxylic acids is 2. The number of carboxylic acid groups (broad SMARTS) is 1. The summed E-state index contributed by atoms with van der Waals surface area (Å²) in [4.78, 5) is 32.4. The van der Waals surface area contributed by atoms with Crippen LogP contribution in [0.5, 0.6) is 0 Å². The maximum absolute atomic E-state index is 13.0. The summed E-state index contributed by atoms with van der Waals surface area (Å²) in [6.45, 7) is 2.62. The smallest absolute Gasteiger partial charge is 0.305 e. The van der Waals surface area contributed by atoms with E-state index in [0.29, 0.717) is 0 Å². The molecule has 5 nitrogen and oxygen atoms in total. The van der Waals surface area contributed by atoms with Gasteiger partial charge >= 0.3 is 5.97 Å². The lowest BCUT2D eigenvalue weighted by Gasteiger charge is -2.20. The number of alkyl halides is 2. The van der Waals surface area contributed by atoms with Gasteiger partial charge in [0.25, 0.3) is 0 Å². The van der Waals surface area contributed by atoms with Gasteiger partial charge in [-0.3, -0.25) is 9.59 Å². The second-order valence-electron chi connectivity index (χ2n) is 4.16. The van der Waals surface area contributed by atoms with Crippen LogP contribution in [0.15, 0.2) is 0 Å². The van der Waals surface area contributed by atoms with Gasteiger partial charge < -0.3 is 15.2 Å². The van der Waals surface area contributed by atoms with E-state index in [1.165, 1.54) is 13.8 Å². The van der Waals surface area contributed by atoms with Crippen LogP contribution >= 0.6 is 0 Å². The first kappa shape index (κ1) is 16.5. The Labute approximate surface area is 104 Å². The van der Waals surface area contributed by atoms with Gasteiger partial charge in [-0.2, -0.15) is 0 Å². The van der Waals surface area contributed by atoms with Crippen molar-refractivity contribution in [2.45, 2.75) is 45.1 Å². The van der Waals surface area contributed by atoms with Crippen LogP contribution in [0.4, 0.5) is 8.78 Å². The highest BCUT2D eigenvalue weighted by Gasteiger charge is 2.32. The molecule has 2 atom stereocenters. The molecule has 2 N–H and O–H groups in total. The molecule has 1 amide bonds. The van der Waals surface area contributed by atoms with E-state index in [1.54, 1.807) is 0 Å². The molecule has 0 aliphatic carbocycles. The second-order valence-corrected chi connectivity index (χ2v) is 4.16. The lowest BCUT2D eigenvalue weighted by Crippen LogP contribution is -2.41. The van der Waals surface area contributed by atoms with Crippen LogP contribution in [0.3, 0.4) is 0 Å². The third-order valence-electron chi connectivity index (χ3n) is 2.46. The predicted molar refractivity (Wildman–Crippen MR) is 59.3 cm³/mol. The fourth-order valence-corrected chi connectivity index (χ4v) is 1.33. The van der Waals surface area contributed by atoms with Crippen LogP contribution in [0.1, 0.15) is 33.1 Å². The van der Waals surface area contributed by atoms with Crippen molar-refractivity contribution in [3.63, 3.8) is 0 Å². The number of amides is 1. The van der Waals surface area contributed by atoms with Gasteiger partial charge in [0.2, 0.25) is 11.8 Å². The summed E-state index contributed by atoms with van der Waals surface area (Å²) >= 11 is 0. The number of carboxylic acids is 1. The van der Waals surface area contributed by atoms with E-state index < -0.39 is 42.6 Å². The van der Waals surface area contributed by atoms with Gasteiger partial charge in [0.15, 0.2) is 0 Å². The zero-order valence-electron chi connectivity index (χ0n) is 10.3. The van der Waals surface area contributed by atoms with E-state index in [4.69, 9.17) is 5.11 Å². The highest BCUT2D eigenvalue weighted by Crippen LogP contribution is 2.26. The Morgan fingerprint density at radius 2 is 2.00 bits per heavy atom. The SMILES string of the molecule is CCC(F)(F)C[C@H](C)C(=O)NC(C=O)CC(=O)O. The van der Waals surface area contributed by atoms with Crippen molar-refractivity contribution in [2.24, 2.45) is 5.92 Å². The number of hydrogen-bond donors (Lipinski definition) is 2. The van der Waals surface area contributed by atoms with Crippen LogP contribution in [-0.2, 0) is 14.4 Å². The third-order valence-corrected chi connectivity index (χ3v) is 2.46. The molecule has 0 aromatic carbocycles.